The van der Waals surface area contributed by atoms with Gasteiger partial charge < -0.3 is 0 Å². The smallest absolute Gasteiger partial charge is 0.279 e. The van der Waals surface area contributed by atoms with Crippen molar-refractivity contribution in [2.75, 3.05) is 4.72 Å². The molecule has 2 aromatic rings. The molecule has 0 aliphatic heterocycles. The third-order valence-electron chi connectivity index (χ3n) is 2.67. The Bertz CT molecular complexity index is 806. The molecule has 0 unspecified atom stereocenters. The Kier molecular flexibility index (Phi) is 4.66. The minimum absolute atomic E-state index is 0.223. The predicted octanol–water partition coefficient (Wildman–Crippen LogP) is 4.25. The first-order valence-corrected chi connectivity index (χ1v) is 8.31. The molecule has 1 N–H and O–H groups in total. The summed E-state index contributed by atoms with van der Waals surface area (Å²) < 4.78 is 78.2. The first kappa shape index (κ1) is 17.0. The average Bonchev–Trinajstić information content (AvgIpc) is 2.40. The third kappa shape index (κ3) is 3.69. The van der Waals surface area contributed by atoms with Gasteiger partial charge in [-0.1, -0.05) is 12.1 Å². The van der Waals surface area contributed by atoms with Crippen molar-refractivity contribution in [3.05, 3.63) is 57.4 Å². The first-order valence-electron chi connectivity index (χ1n) is 5.75. The zero-order valence-corrected chi connectivity index (χ0v) is 13.6. The molecule has 0 aliphatic carbocycles. The van der Waals surface area contributed by atoms with Crippen molar-refractivity contribution < 1.29 is 26.0 Å². The zero-order valence-electron chi connectivity index (χ0n) is 10.7. The van der Waals surface area contributed by atoms with Crippen molar-refractivity contribution in [1.29, 1.82) is 0 Å². The second kappa shape index (κ2) is 6.03. The van der Waals surface area contributed by atoms with Crippen LogP contribution in [0, 0.1) is 9.39 Å². The fraction of sp³-hybridized carbons (Fsp3) is 0.0769. The molecule has 0 radical (unpaired) electrons. The maximum atomic E-state index is 13.2. The van der Waals surface area contributed by atoms with E-state index in [0.717, 1.165) is 6.07 Å². The third-order valence-corrected chi connectivity index (χ3v) is 4.98. The molecule has 0 aliphatic rings. The summed E-state index contributed by atoms with van der Waals surface area (Å²) in [6, 6.07) is 7.88. The number of benzene rings is 2. The molecule has 2 aromatic carbocycles. The lowest BCUT2D eigenvalue weighted by Crippen LogP contribution is -2.16. The fourth-order valence-electron chi connectivity index (χ4n) is 1.64. The van der Waals surface area contributed by atoms with Crippen molar-refractivity contribution in [2.45, 2.75) is 11.1 Å². The Morgan fingerprint density at radius 2 is 1.68 bits per heavy atom. The summed E-state index contributed by atoms with van der Waals surface area (Å²) in [5.41, 5.74) is -1.40. The van der Waals surface area contributed by atoms with Gasteiger partial charge >= 0.3 is 6.18 Å². The minimum Gasteiger partial charge on any atom is -0.279 e. The number of rotatable bonds is 3. The Hall–Kier alpha value is -1.36. The Morgan fingerprint density at radius 3 is 2.27 bits per heavy atom. The molecule has 0 spiro atoms. The van der Waals surface area contributed by atoms with Crippen molar-refractivity contribution in [1.82, 2.24) is 0 Å². The van der Waals surface area contributed by atoms with Gasteiger partial charge in [-0.25, -0.2) is 12.8 Å². The summed E-state index contributed by atoms with van der Waals surface area (Å²) in [6.07, 6.45) is -4.98. The highest BCUT2D eigenvalue weighted by Gasteiger charge is 2.35. The van der Waals surface area contributed by atoms with E-state index in [-0.39, 0.29) is 11.8 Å². The number of hydrogen-bond donors (Lipinski definition) is 1. The Balaban J connectivity index is 2.45. The molecule has 22 heavy (non-hydrogen) atoms. The van der Waals surface area contributed by atoms with Gasteiger partial charge in [0.05, 0.1) is 16.1 Å². The molecule has 9 heteroatoms. The van der Waals surface area contributed by atoms with Gasteiger partial charge in [0.2, 0.25) is 0 Å². The minimum atomic E-state index is -4.98. The highest BCUT2D eigenvalue weighted by atomic mass is 127. The highest BCUT2D eigenvalue weighted by molar-refractivity contribution is 14.1. The molecule has 0 saturated carbocycles. The van der Waals surface area contributed by atoms with E-state index in [9.17, 15) is 26.0 Å². The second-order valence-electron chi connectivity index (χ2n) is 4.22. The van der Waals surface area contributed by atoms with Crippen molar-refractivity contribution >= 4 is 38.3 Å². The van der Waals surface area contributed by atoms with E-state index in [1.54, 1.807) is 18.2 Å². The molecular weight excluding hydrogens is 437 g/mol. The van der Waals surface area contributed by atoms with Crippen molar-refractivity contribution in [3.8, 4) is 0 Å². The van der Waals surface area contributed by atoms with Crippen LogP contribution in [-0.4, -0.2) is 8.42 Å². The molecule has 0 amide bonds. The molecule has 3 nitrogen and oxygen atoms in total. The monoisotopic (exact) mass is 445 g/mol. The van der Waals surface area contributed by atoms with Crippen LogP contribution < -0.4 is 4.72 Å². The lowest BCUT2D eigenvalue weighted by Gasteiger charge is -2.12. The van der Waals surface area contributed by atoms with Crippen LogP contribution in [0.15, 0.2) is 47.4 Å². The standard InChI is InChI=1S/C13H8F4INO2S/c14-10-6-5-8(7-9(10)13(15,16)17)22(20,21)19-12-4-2-1-3-11(12)18/h1-7,19H. The van der Waals surface area contributed by atoms with Gasteiger partial charge in [0.15, 0.2) is 0 Å². The largest absolute Gasteiger partial charge is 0.419 e. The topological polar surface area (TPSA) is 46.2 Å². The van der Waals surface area contributed by atoms with E-state index < -0.39 is 32.5 Å². The average molecular weight is 445 g/mol. The summed E-state index contributed by atoms with van der Waals surface area (Å²) in [6.45, 7) is 0. The maximum absolute atomic E-state index is 13.2. The molecule has 0 heterocycles. The van der Waals surface area contributed by atoms with Gasteiger partial charge in [-0.15, -0.1) is 0 Å². The fourth-order valence-corrected chi connectivity index (χ4v) is 3.45. The molecule has 0 saturated heterocycles. The maximum Gasteiger partial charge on any atom is 0.419 e. The first-order chi connectivity index (χ1) is 10.1. The molecule has 0 aromatic heterocycles. The molecule has 118 valence electrons. The van der Waals surface area contributed by atoms with Crippen molar-refractivity contribution in [2.24, 2.45) is 0 Å². The SMILES string of the molecule is O=S(=O)(Nc1ccccc1I)c1ccc(F)c(C(F)(F)F)c1. The number of hydrogen-bond acceptors (Lipinski definition) is 2. The number of halogens is 5. The van der Waals surface area contributed by atoms with Crippen LogP contribution in [0.4, 0.5) is 23.2 Å². The predicted molar refractivity (Wildman–Crippen MR) is 81.4 cm³/mol. The number of anilines is 1. The van der Waals surface area contributed by atoms with Gasteiger partial charge in [-0.05, 0) is 52.9 Å². The van der Waals surface area contributed by atoms with Crippen LogP contribution in [0.5, 0.6) is 0 Å². The van der Waals surface area contributed by atoms with Crippen LogP contribution in [0.1, 0.15) is 5.56 Å². The summed E-state index contributed by atoms with van der Waals surface area (Å²) in [5.74, 6) is -1.53. The summed E-state index contributed by atoms with van der Waals surface area (Å²) in [4.78, 5) is -0.666. The van der Waals surface area contributed by atoms with E-state index in [1.807, 2.05) is 22.6 Å². The van der Waals surface area contributed by atoms with Gasteiger partial charge in [-0.3, -0.25) is 4.72 Å². The Labute approximate surface area is 137 Å². The summed E-state index contributed by atoms with van der Waals surface area (Å²) in [5, 5.41) is 0. The lowest BCUT2D eigenvalue weighted by molar-refractivity contribution is -0.140. The highest BCUT2D eigenvalue weighted by Crippen LogP contribution is 2.33. The van der Waals surface area contributed by atoms with Gasteiger partial charge in [0.25, 0.3) is 10.0 Å². The quantitative estimate of drug-likeness (QED) is 0.568. The van der Waals surface area contributed by atoms with Crippen LogP contribution in [-0.2, 0) is 16.2 Å². The normalized spacial score (nSPS) is 12.2. The van der Waals surface area contributed by atoms with Gasteiger partial charge in [0, 0.05) is 3.57 Å². The molecular formula is C13H8F4INO2S. The van der Waals surface area contributed by atoms with E-state index in [2.05, 4.69) is 4.72 Å². The number of para-hydroxylation sites is 1. The van der Waals surface area contributed by atoms with Crippen molar-refractivity contribution in [3.63, 3.8) is 0 Å². The molecule has 0 bridgehead atoms. The van der Waals surface area contributed by atoms with Gasteiger partial charge in [0.1, 0.15) is 5.82 Å². The van der Waals surface area contributed by atoms with E-state index in [4.69, 9.17) is 0 Å². The molecule has 2 rings (SSSR count). The number of sulfonamides is 1. The van der Waals surface area contributed by atoms with Crippen LogP contribution in [0.3, 0.4) is 0 Å². The summed E-state index contributed by atoms with van der Waals surface area (Å²) in [7, 11) is -4.26. The molecule has 0 atom stereocenters. The number of alkyl halides is 3. The lowest BCUT2D eigenvalue weighted by atomic mass is 10.2. The Morgan fingerprint density at radius 1 is 1.05 bits per heavy atom. The van der Waals surface area contributed by atoms with Crippen LogP contribution in [0.25, 0.3) is 0 Å². The number of nitrogens with one attached hydrogen (secondary N) is 1. The summed E-state index contributed by atoms with van der Waals surface area (Å²) >= 11 is 1.88. The van der Waals surface area contributed by atoms with E-state index >= 15 is 0 Å². The zero-order chi connectivity index (χ0) is 16.5. The van der Waals surface area contributed by atoms with E-state index in [0.29, 0.717) is 9.64 Å². The molecule has 0 fully saturated rings. The van der Waals surface area contributed by atoms with Gasteiger partial charge in [-0.2, -0.15) is 13.2 Å². The van der Waals surface area contributed by atoms with E-state index in [1.165, 1.54) is 6.07 Å². The van der Waals surface area contributed by atoms with Crippen LogP contribution >= 0.6 is 22.6 Å². The second-order valence-corrected chi connectivity index (χ2v) is 7.07. The van der Waals surface area contributed by atoms with Crippen LogP contribution in [0.2, 0.25) is 0 Å².